The Morgan fingerprint density at radius 3 is 1.30 bits per heavy atom. The summed E-state index contributed by atoms with van der Waals surface area (Å²) in [4.78, 5) is 27.0. The normalized spacial score (nSPS) is 12.5. The van der Waals surface area contributed by atoms with Crippen LogP contribution in [0.1, 0.15) is 127 Å². The van der Waals surface area contributed by atoms with Crippen LogP contribution >= 0.6 is 0 Å². The predicted molar refractivity (Wildman–Crippen MR) is 205 cm³/mol. The molecule has 0 bridgehead atoms. The van der Waals surface area contributed by atoms with E-state index in [2.05, 4.69) is 41.5 Å². The highest BCUT2D eigenvalue weighted by molar-refractivity contribution is 6.05. The average molecular weight is 687 g/mol. The molecule has 3 rings (SSSR count). The Bertz CT molecular complexity index is 1360. The van der Waals surface area contributed by atoms with Crippen LogP contribution in [0.2, 0.25) is 0 Å². The highest BCUT2D eigenvalue weighted by atomic mass is 16.5. The molecule has 0 saturated carbocycles. The molecule has 3 aromatic rings. The molecule has 6 nitrogen and oxygen atoms in total. The molecule has 0 heterocycles. The summed E-state index contributed by atoms with van der Waals surface area (Å²) >= 11 is 0. The molecular formula is C44H62O6. The van der Waals surface area contributed by atoms with E-state index in [0.29, 0.717) is 58.8 Å². The summed E-state index contributed by atoms with van der Waals surface area (Å²) in [6.07, 6.45) is 9.30. The van der Waals surface area contributed by atoms with Crippen molar-refractivity contribution >= 4 is 11.9 Å². The van der Waals surface area contributed by atoms with E-state index in [1.165, 1.54) is 38.5 Å². The number of benzene rings is 3. The van der Waals surface area contributed by atoms with Crippen LogP contribution in [0.5, 0.6) is 11.5 Å². The summed E-state index contributed by atoms with van der Waals surface area (Å²) < 4.78 is 23.4. The zero-order valence-corrected chi connectivity index (χ0v) is 32.0. The number of carbonyl (C=O) groups excluding carboxylic acids is 2. The molecule has 0 N–H and O–H groups in total. The van der Waals surface area contributed by atoms with E-state index >= 15 is 0 Å². The van der Waals surface area contributed by atoms with Crippen LogP contribution in [-0.4, -0.2) is 38.4 Å². The van der Waals surface area contributed by atoms with Crippen LogP contribution < -0.4 is 9.47 Å². The first-order valence-electron chi connectivity index (χ1n) is 19.0. The summed E-state index contributed by atoms with van der Waals surface area (Å²) in [7, 11) is 0. The van der Waals surface area contributed by atoms with E-state index in [1.54, 1.807) is 26.0 Å². The van der Waals surface area contributed by atoms with Gasteiger partial charge in [-0.15, -0.1) is 0 Å². The Kier molecular flexibility index (Phi) is 17.4. The van der Waals surface area contributed by atoms with E-state index < -0.39 is 11.9 Å². The second-order valence-corrected chi connectivity index (χ2v) is 14.6. The highest BCUT2D eigenvalue weighted by Gasteiger charge is 2.23. The lowest BCUT2D eigenvalue weighted by molar-refractivity contribution is 0.0513. The molecule has 0 saturated heterocycles. The first kappa shape index (κ1) is 40.6. The van der Waals surface area contributed by atoms with Crippen molar-refractivity contribution in [1.82, 2.24) is 0 Å². The van der Waals surface area contributed by atoms with Crippen molar-refractivity contribution < 1.29 is 28.5 Å². The molecule has 0 spiro atoms. The summed E-state index contributed by atoms with van der Waals surface area (Å²) in [5.41, 5.74) is 3.42. The van der Waals surface area contributed by atoms with Gasteiger partial charge >= 0.3 is 11.9 Å². The maximum absolute atomic E-state index is 13.5. The third-order valence-corrected chi connectivity index (χ3v) is 9.15. The second-order valence-electron chi connectivity index (χ2n) is 14.6. The van der Waals surface area contributed by atoms with Gasteiger partial charge in [0.25, 0.3) is 0 Å². The molecule has 50 heavy (non-hydrogen) atoms. The molecule has 0 aliphatic carbocycles. The summed E-state index contributed by atoms with van der Waals surface area (Å²) in [6, 6.07) is 18.9. The Morgan fingerprint density at radius 1 is 0.540 bits per heavy atom. The summed E-state index contributed by atoms with van der Waals surface area (Å²) in [6.45, 7) is 18.9. The highest BCUT2D eigenvalue weighted by Crippen LogP contribution is 2.36. The van der Waals surface area contributed by atoms with Gasteiger partial charge in [-0.25, -0.2) is 9.59 Å². The Morgan fingerprint density at radius 2 is 0.940 bits per heavy atom. The van der Waals surface area contributed by atoms with Crippen molar-refractivity contribution in [1.29, 1.82) is 0 Å². The van der Waals surface area contributed by atoms with Gasteiger partial charge in [0, 0.05) is 0 Å². The summed E-state index contributed by atoms with van der Waals surface area (Å²) in [5, 5.41) is 0. The molecule has 2 atom stereocenters. The third-order valence-electron chi connectivity index (χ3n) is 9.15. The van der Waals surface area contributed by atoms with Crippen LogP contribution in [0.15, 0.2) is 60.7 Å². The van der Waals surface area contributed by atoms with Crippen molar-refractivity contribution in [3.8, 4) is 33.8 Å². The lowest BCUT2D eigenvalue weighted by Gasteiger charge is -2.18. The topological polar surface area (TPSA) is 71.1 Å². The van der Waals surface area contributed by atoms with E-state index in [0.717, 1.165) is 35.8 Å². The number of esters is 2. The summed E-state index contributed by atoms with van der Waals surface area (Å²) in [5.74, 6) is 3.13. The Balaban J connectivity index is 1.90. The first-order valence-corrected chi connectivity index (χ1v) is 19.0. The lowest BCUT2D eigenvalue weighted by Crippen LogP contribution is -2.12. The molecule has 0 aliphatic heterocycles. The zero-order chi connectivity index (χ0) is 36.5. The van der Waals surface area contributed by atoms with Gasteiger partial charge in [-0.1, -0.05) is 104 Å². The molecule has 0 radical (unpaired) electrons. The zero-order valence-electron chi connectivity index (χ0n) is 32.0. The minimum Gasteiger partial charge on any atom is -0.494 e. The number of rotatable bonds is 22. The lowest BCUT2D eigenvalue weighted by atomic mass is 9.90. The SMILES string of the molecule is CCOC(=O)c1cc(-c2cccc(OCCC(C)CCCC(C)C)c2)c(C(=O)OCC)cc1-c1cccc(OCCC(C)CCCC(C)C)c1. The van der Waals surface area contributed by atoms with Crippen molar-refractivity contribution in [2.24, 2.45) is 23.7 Å². The molecule has 0 fully saturated rings. The van der Waals surface area contributed by atoms with Gasteiger partial charge in [-0.2, -0.15) is 0 Å². The third kappa shape index (κ3) is 13.5. The molecule has 3 aromatic carbocycles. The quantitative estimate of drug-likeness (QED) is 0.0980. The van der Waals surface area contributed by atoms with Gasteiger partial charge in [0.05, 0.1) is 37.6 Å². The fraction of sp³-hybridized carbons (Fsp3) is 0.545. The largest absolute Gasteiger partial charge is 0.494 e. The molecule has 0 amide bonds. The van der Waals surface area contributed by atoms with Crippen molar-refractivity contribution in [3.63, 3.8) is 0 Å². The van der Waals surface area contributed by atoms with Crippen molar-refractivity contribution in [2.75, 3.05) is 26.4 Å². The number of ether oxygens (including phenoxy) is 4. The van der Waals surface area contributed by atoms with E-state index in [9.17, 15) is 9.59 Å². The fourth-order valence-corrected chi connectivity index (χ4v) is 6.13. The van der Waals surface area contributed by atoms with Gasteiger partial charge in [0.15, 0.2) is 0 Å². The number of hydrogen-bond acceptors (Lipinski definition) is 6. The average Bonchev–Trinajstić information content (AvgIpc) is 3.08. The van der Waals surface area contributed by atoms with Crippen LogP contribution in [0.4, 0.5) is 0 Å². The smallest absolute Gasteiger partial charge is 0.338 e. The molecule has 0 aromatic heterocycles. The van der Waals surface area contributed by atoms with Crippen LogP contribution in [0.25, 0.3) is 22.3 Å². The monoisotopic (exact) mass is 686 g/mol. The van der Waals surface area contributed by atoms with Crippen LogP contribution in [0.3, 0.4) is 0 Å². The second kappa shape index (κ2) is 21.4. The standard InChI is InChI=1S/C44H62O6/c1-9-47-43(45)41-29-40(36-20-14-22-38(28-36)50-26-24-34(8)18-12-16-32(5)6)42(44(46)48-10-2)30-39(41)35-19-13-21-37(27-35)49-25-23-33(7)17-11-15-31(3)4/h13-14,19-22,27-34H,9-12,15-18,23-26H2,1-8H3. The van der Waals surface area contributed by atoms with Gasteiger partial charge in [-0.05, 0) is 109 Å². The maximum Gasteiger partial charge on any atom is 0.338 e. The first-order chi connectivity index (χ1) is 24.0. The fourth-order valence-electron chi connectivity index (χ4n) is 6.13. The molecule has 6 heteroatoms. The maximum atomic E-state index is 13.5. The van der Waals surface area contributed by atoms with Crippen LogP contribution in [-0.2, 0) is 9.47 Å². The molecule has 2 unspecified atom stereocenters. The minimum absolute atomic E-state index is 0.227. The van der Waals surface area contributed by atoms with Crippen LogP contribution in [0, 0.1) is 23.7 Å². The van der Waals surface area contributed by atoms with Crippen molar-refractivity contribution in [3.05, 3.63) is 71.8 Å². The Hall–Kier alpha value is -3.80. The van der Waals surface area contributed by atoms with E-state index in [1.807, 2.05) is 48.5 Å². The number of carbonyl (C=O) groups is 2. The molecule has 0 aliphatic rings. The predicted octanol–water partition coefficient (Wildman–Crippen LogP) is 11.8. The number of hydrogen-bond donors (Lipinski definition) is 0. The van der Waals surface area contributed by atoms with Gasteiger partial charge in [0.1, 0.15) is 11.5 Å². The van der Waals surface area contributed by atoms with Gasteiger partial charge in [-0.3, -0.25) is 0 Å². The van der Waals surface area contributed by atoms with E-state index in [4.69, 9.17) is 18.9 Å². The minimum atomic E-state index is -0.459. The van der Waals surface area contributed by atoms with Gasteiger partial charge in [0.2, 0.25) is 0 Å². The molecule has 274 valence electrons. The Labute approximate surface area is 302 Å². The van der Waals surface area contributed by atoms with Gasteiger partial charge < -0.3 is 18.9 Å². The molecular weight excluding hydrogens is 624 g/mol. The van der Waals surface area contributed by atoms with Crippen molar-refractivity contribution in [2.45, 2.75) is 107 Å². The van der Waals surface area contributed by atoms with E-state index in [-0.39, 0.29) is 13.2 Å².